The molecule has 132 valence electrons. The Balaban J connectivity index is 0.00000288. The van der Waals surface area contributed by atoms with Crippen LogP contribution in [0.4, 0.5) is 0 Å². The summed E-state index contributed by atoms with van der Waals surface area (Å²) in [4.78, 5) is 8.21. The van der Waals surface area contributed by atoms with E-state index in [4.69, 9.17) is 0 Å². The van der Waals surface area contributed by atoms with Gasteiger partial charge >= 0.3 is 0 Å². The van der Waals surface area contributed by atoms with E-state index in [0.29, 0.717) is 34.0 Å². The van der Waals surface area contributed by atoms with Crippen LogP contribution in [0.15, 0.2) is 12.4 Å². The van der Waals surface area contributed by atoms with Gasteiger partial charge in [-0.25, -0.2) is 0 Å². The van der Waals surface area contributed by atoms with Gasteiger partial charge < -0.3 is 20.4 Å². The van der Waals surface area contributed by atoms with E-state index in [1.54, 1.807) is 26.2 Å². The van der Waals surface area contributed by atoms with Gasteiger partial charge in [0, 0.05) is 35.0 Å². The summed E-state index contributed by atoms with van der Waals surface area (Å²) in [7, 11) is 0. The van der Waals surface area contributed by atoms with Crippen molar-refractivity contribution in [3.8, 4) is 11.5 Å². The monoisotopic (exact) mass is 372 g/mol. The molecule has 2 heterocycles. The maximum Gasteiger partial charge on any atom is 0.142 e. The van der Waals surface area contributed by atoms with Crippen LogP contribution in [-0.2, 0) is 24.7 Å². The van der Waals surface area contributed by atoms with E-state index in [0.717, 1.165) is 11.1 Å². The molecule has 8 heteroatoms. The average molecular weight is 373 g/mol. The molecule has 0 spiro atoms. The summed E-state index contributed by atoms with van der Waals surface area (Å²) in [6.45, 7) is 2.86. The van der Waals surface area contributed by atoms with Gasteiger partial charge in [-0.1, -0.05) is 0 Å². The molecule has 0 aromatic carbocycles. The molecule has 0 aliphatic carbocycles. The molecule has 0 bridgehead atoms. The predicted molar refractivity (Wildman–Crippen MR) is 95.4 cm³/mol. The van der Waals surface area contributed by atoms with Gasteiger partial charge in [-0.05, 0) is 25.0 Å². The predicted octanol–water partition coefficient (Wildman–Crippen LogP) is 2.34. The SMILES string of the molecule is Cc1ncc(CSCc2cnc(C)c(O)c2CO)c(CO)c1O.Cl. The van der Waals surface area contributed by atoms with Crippen molar-refractivity contribution >= 4 is 24.2 Å². The van der Waals surface area contributed by atoms with Gasteiger partial charge in [0.25, 0.3) is 0 Å². The number of aromatic hydroxyl groups is 2. The number of halogens is 1. The second-order valence-electron chi connectivity index (χ2n) is 5.20. The normalized spacial score (nSPS) is 10.5. The van der Waals surface area contributed by atoms with Gasteiger partial charge in [0.05, 0.1) is 24.6 Å². The largest absolute Gasteiger partial charge is 0.506 e. The van der Waals surface area contributed by atoms with Crippen molar-refractivity contribution in [3.05, 3.63) is 46.0 Å². The van der Waals surface area contributed by atoms with Crippen LogP contribution in [0, 0.1) is 13.8 Å². The lowest BCUT2D eigenvalue weighted by atomic mass is 10.1. The molecule has 0 atom stereocenters. The molecule has 0 saturated heterocycles. The number of aromatic nitrogens is 2. The van der Waals surface area contributed by atoms with Crippen molar-refractivity contribution in [1.29, 1.82) is 0 Å². The van der Waals surface area contributed by atoms with Crippen molar-refractivity contribution < 1.29 is 20.4 Å². The van der Waals surface area contributed by atoms with E-state index in [1.165, 1.54) is 11.8 Å². The Labute approximate surface area is 151 Å². The summed E-state index contributed by atoms with van der Waals surface area (Å²) in [5.74, 6) is 1.12. The highest BCUT2D eigenvalue weighted by Gasteiger charge is 2.13. The number of hydrogen-bond acceptors (Lipinski definition) is 7. The summed E-state index contributed by atoms with van der Waals surface area (Å²) in [6.07, 6.45) is 3.29. The third kappa shape index (κ3) is 4.30. The first kappa shape index (κ1) is 20.5. The smallest absolute Gasteiger partial charge is 0.142 e. The number of rotatable bonds is 6. The Morgan fingerprint density at radius 3 is 1.54 bits per heavy atom. The number of nitrogens with zero attached hydrogens (tertiary/aromatic N) is 2. The number of pyridine rings is 2. The molecular formula is C16H21ClN2O4S. The lowest BCUT2D eigenvalue weighted by molar-refractivity contribution is 0.273. The van der Waals surface area contributed by atoms with E-state index in [-0.39, 0.29) is 37.1 Å². The molecule has 0 amide bonds. The second kappa shape index (κ2) is 9.08. The Morgan fingerprint density at radius 1 is 0.833 bits per heavy atom. The molecule has 0 saturated carbocycles. The fourth-order valence-corrected chi connectivity index (χ4v) is 3.28. The molecule has 2 aromatic rings. The molecule has 6 nitrogen and oxygen atoms in total. The minimum atomic E-state index is -0.250. The van der Waals surface area contributed by atoms with E-state index in [1.807, 2.05) is 0 Å². The number of aliphatic hydroxyl groups excluding tert-OH is 2. The third-order valence-corrected chi connectivity index (χ3v) is 4.72. The first-order valence-corrected chi connectivity index (χ1v) is 8.27. The van der Waals surface area contributed by atoms with Crippen LogP contribution >= 0.6 is 24.2 Å². The van der Waals surface area contributed by atoms with E-state index in [2.05, 4.69) is 9.97 Å². The molecule has 0 aliphatic heterocycles. The standard InChI is InChI=1S/C16H20N2O4S.ClH/c1-9-15(21)13(5-19)11(3-17-9)7-23-8-12-4-18-10(2)16(22)14(12)6-20;/h3-4,19-22H,5-8H2,1-2H3;1H. The van der Waals surface area contributed by atoms with Crippen LogP contribution in [0.3, 0.4) is 0 Å². The molecular weight excluding hydrogens is 352 g/mol. The molecule has 0 radical (unpaired) electrons. The Morgan fingerprint density at radius 2 is 1.21 bits per heavy atom. The molecule has 2 aromatic heterocycles. The number of aryl methyl sites for hydroxylation is 2. The summed E-state index contributed by atoms with van der Waals surface area (Å²) in [5, 5.41) is 38.7. The van der Waals surface area contributed by atoms with Crippen molar-refractivity contribution in [1.82, 2.24) is 9.97 Å². The van der Waals surface area contributed by atoms with Crippen LogP contribution in [0.1, 0.15) is 33.6 Å². The maximum absolute atomic E-state index is 9.94. The minimum absolute atomic E-state index is 0. The van der Waals surface area contributed by atoms with Crippen molar-refractivity contribution in [2.75, 3.05) is 0 Å². The number of hydrogen-bond donors (Lipinski definition) is 4. The van der Waals surface area contributed by atoms with Crippen LogP contribution in [-0.4, -0.2) is 30.4 Å². The molecule has 0 fully saturated rings. The minimum Gasteiger partial charge on any atom is -0.506 e. The van der Waals surface area contributed by atoms with Crippen molar-refractivity contribution in [3.63, 3.8) is 0 Å². The fraction of sp³-hybridized carbons (Fsp3) is 0.375. The van der Waals surface area contributed by atoms with Crippen LogP contribution in [0.2, 0.25) is 0 Å². The maximum atomic E-state index is 9.94. The van der Waals surface area contributed by atoms with Crippen molar-refractivity contribution in [2.24, 2.45) is 0 Å². The zero-order chi connectivity index (χ0) is 17.0. The fourth-order valence-electron chi connectivity index (χ4n) is 2.24. The van der Waals surface area contributed by atoms with E-state index < -0.39 is 0 Å². The van der Waals surface area contributed by atoms with Crippen LogP contribution in [0.25, 0.3) is 0 Å². The van der Waals surface area contributed by atoms with Gasteiger partial charge in [-0.15, -0.1) is 12.4 Å². The van der Waals surface area contributed by atoms with Gasteiger partial charge in [0.15, 0.2) is 0 Å². The van der Waals surface area contributed by atoms with Gasteiger partial charge in [0.2, 0.25) is 0 Å². The quantitative estimate of drug-likeness (QED) is 0.616. The second-order valence-corrected chi connectivity index (χ2v) is 6.19. The Kier molecular flexibility index (Phi) is 7.75. The first-order valence-electron chi connectivity index (χ1n) is 7.11. The number of aliphatic hydroxyl groups is 2. The summed E-state index contributed by atoms with van der Waals surface area (Å²) >= 11 is 1.52. The highest BCUT2D eigenvalue weighted by atomic mass is 35.5. The summed E-state index contributed by atoms with van der Waals surface area (Å²) in [6, 6.07) is 0. The highest BCUT2D eigenvalue weighted by Crippen LogP contribution is 2.30. The molecule has 4 N–H and O–H groups in total. The molecule has 0 aliphatic rings. The zero-order valence-corrected chi connectivity index (χ0v) is 15.1. The topological polar surface area (TPSA) is 107 Å². The highest BCUT2D eigenvalue weighted by molar-refractivity contribution is 7.97. The summed E-state index contributed by atoms with van der Waals surface area (Å²) < 4.78 is 0. The van der Waals surface area contributed by atoms with Gasteiger partial charge in [0.1, 0.15) is 11.5 Å². The first-order chi connectivity index (χ1) is 11.0. The van der Waals surface area contributed by atoms with Crippen LogP contribution < -0.4 is 0 Å². The molecule has 0 unspecified atom stereocenters. The summed E-state index contributed by atoms with van der Waals surface area (Å²) in [5.41, 5.74) is 3.46. The van der Waals surface area contributed by atoms with E-state index in [9.17, 15) is 20.4 Å². The Bertz CT molecular complexity index is 653. The number of thioether (sulfide) groups is 1. The lowest BCUT2D eigenvalue weighted by Gasteiger charge is -2.12. The van der Waals surface area contributed by atoms with E-state index >= 15 is 0 Å². The van der Waals surface area contributed by atoms with Gasteiger partial charge in [-0.2, -0.15) is 11.8 Å². The van der Waals surface area contributed by atoms with Crippen LogP contribution in [0.5, 0.6) is 11.5 Å². The average Bonchev–Trinajstić information content (AvgIpc) is 2.54. The lowest BCUT2D eigenvalue weighted by Crippen LogP contribution is -2.00. The Hall–Kier alpha value is -1.54. The third-order valence-electron chi connectivity index (χ3n) is 3.69. The van der Waals surface area contributed by atoms with Crippen molar-refractivity contribution in [2.45, 2.75) is 38.6 Å². The molecule has 2 rings (SSSR count). The zero-order valence-electron chi connectivity index (χ0n) is 13.5. The van der Waals surface area contributed by atoms with Gasteiger partial charge in [-0.3, -0.25) is 9.97 Å². The molecule has 24 heavy (non-hydrogen) atoms.